The molecular weight excluding hydrogens is 576 g/mol. The fourth-order valence-electron chi connectivity index (χ4n) is 7.52. The van der Waals surface area contributed by atoms with Gasteiger partial charge in [-0.15, -0.1) is 0 Å². The van der Waals surface area contributed by atoms with Gasteiger partial charge in [-0.2, -0.15) is 0 Å². The Kier molecular flexibility index (Phi) is 9.31. The van der Waals surface area contributed by atoms with Gasteiger partial charge in [0.1, 0.15) is 12.8 Å². The molecule has 1 atom stereocenters. The number of nitrogens with zero attached hydrogens (tertiary/aromatic N) is 2. The summed E-state index contributed by atoms with van der Waals surface area (Å²) < 4.78 is 2.53. The Morgan fingerprint density at radius 1 is 0.766 bits per heavy atom. The molecule has 0 aliphatic heterocycles. The molecule has 4 heteroatoms. The largest absolute Gasteiger partial charge is 0.399 e. The van der Waals surface area contributed by atoms with E-state index in [1.54, 1.807) is 7.11 Å². The molecule has 240 valence electrons. The number of hydrogen-bond acceptors (Lipinski definition) is 3. The molecule has 6 aromatic rings. The first-order valence-electron chi connectivity index (χ1n) is 17.0. The molecule has 0 spiro atoms. The fraction of sp³-hybridized carbons (Fsp3) is 0.302. The number of carbonyl (C=O) groups excluding carboxylic acids is 1. The Morgan fingerprint density at radius 2 is 1.47 bits per heavy atom. The molecule has 0 fully saturated rings. The molecular formula is C43H46N2O2. The van der Waals surface area contributed by atoms with Crippen LogP contribution in [0.3, 0.4) is 0 Å². The molecule has 0 saturated heterocycles. The average molecular weight is 623 g/mol. The van der Waals surface area contributed by atoms with Gasteiger partial charge in [-0.05, 0) is 80.3 Å². The minimum Gasteiger partial charge on any atom is -0.399 e. The Labute approximate surface area is 279 Å². The van der Waals surface area contributed by atoms with E-state index in [0.717, 1.165) is 79.2 Å². The zero-order chi connectivity index (χ0) is 33.2. The molecule has 0 saturated carbocycles. The van der Waals surface area contributed by atoms with Crippen molar-refractivity contribution < 1.29 is 9.63 Å². The van der Waals surface area contributed by atoms with Gasteiger partial charge in [-0.1, -0.05) is 111 Å². The topological polar surface area (TPSA) is 43.6 Å². The number of oxime groups is 1. The smallest absolute Gasteiger partial charge is 0.194 e. The number of aryl methyl sites for hydroxylation is 4. The number of hydrogen-bond donors (Lipinski definition) is 0. The maximum absolute atomic E-state index is 14.6. The fourth-order valence-corrected chi connectivity index (χ4v) is 7.52. The SMILES string of the molecule is CCCCC(CC)Cn1c2ccc(/C(=N\OC)c3ccccc3C)cc2c2cc(C(=O)c3c(C)cc(C)cc3C)c3ccccc3c21. The summed E-state index contributed by atoms with van der Waals surface area (Å²) in [6.45, 7) is 13.8. The third-order valence-electron chi connectivity index (χ3n) is 9.85. The van der Waals surface area contributed by atoms with Gasteiger partial charge in [-0.25, -0.2) is 0 Å². The van der Waals surface area contributed by atoms with E-state index in [4.69, 9.17) is 4.84 Å². The monoisotopic (exact) mass is 622 g/mol. The molecule has 0 aliphatic rings. The van der Waals surface area contributed by atoms with E-state index in [2.05, 4.69) is 124 Å². The summed E-state index contributed by atoms with van der Waals surface area (Å²) in [7, 11) is 1.60. The van der Waals surface area contributed by atoms with Crippen LogP contribution in [0.25, 0.3) is 32.6 Å². The molecule has 1 unspecified atom stereocenters. The Morgan fingerprint density at radius 3 is 2.15 bits per heavy atom. The number of ketones is 1. The van der Waals surface area contributed by atoms with E-state index in [1.807, 2.05) is 12.1 Å². The maximum atomic E-state index is 14.6. The van der Waals surface area contributed by atoms with Gasteiger partial charge in [0, 0.05) is 50.5 Å². The molecule has 0 bridgehead atoms. The first-order chi connectivity index (χ1) is 22.8. The molecule has 0 N–H and O–H groups in total. The quantitative estimate of drug-likeness (QED) is 0.0820. The Balaban J connectivity index is 1.68. The minimum absolute atomic E-state index is 0.0751. The van der Waals surface area contributed by atoms with Gasteiger partial charge < -0.3 is 9.40 Å². The molecule has 5 aromatic carbocycles. The van der Waals surface area contributed by atoms with Gasteiger partial charge in [0.15, 0.2) is 5.78 Å². The molecule has 47 heavy (non-hydrogen) atoms. The van der Waals surface area contributed by atoms with Crippen LogP contribution in [-0.4, -0.2) is 23.2 Å². The second-order valence-electron chi connectivity index (χ2n) is 13.2. The molecule has 6 rings (SSSR count). The highest BCUT2D eigenvalue weighted by molar-refractivity contribution is 6.27. The van der Waals surface area contributed by atoms with Crippen molar-refractivity contribution in [3.63, 3.8) is 0 Å². The summed E-state index contributed by atoms with van der Waals surface area (Å²) in [6.07, 6.45) is 4.74. The predicted octanol–water partition coefficient (Wildman–Crippen LogP) is 11.0. The van der Waals surface area contributed by atoms with E-state index >= 15 is 0 Å². The standard InChI is InChI=1S/C43H46N2O2/c1-8-10-16-31(9-2)26-45-39-21-20-32(41(44-47-7)33-17-12-11-15-28(33)4)24-36(39)37-25-38(34-18-13-14-19-35(34)42(37)45)43(46)40-29(5)22-27(3)23-30(40)6/h11-15,17-25,31H,8-10,16,26H2,1-7H3/b44-41+. The second-order valence-corrected chi connectivity index (χ2v) is 13.2. The number of aromatic nitrogens is 1. The minimum atomic E-state index is 0.0751. The normalized spacial score (nSPS) is 12.7. The van der Waals surface area contributed by atoms with Crippen molar-refractivity contribution in [2.45, 2.75) is 73.8 Å². The zero-order valence-corrected chi connectivity index (χ0v) is 28.9. The van der Waals surface area contributed by atoms with Gasteiger partial charge in [0.25, 0.3) is 0 Å². The van der Waals surface area contributed by atoms with Crippen molar-refractivity contribution >= 4 is 44.1 Å². The predicted molar refractivity (Wildman–Crippen MR) is 198 cm³/mol. The van der Waals surface area contributed by atoms with E-state index < -0.39 is 0 Å². The lowest BCUT2D eigenvalue weighted by Gasteiger charge is -2.19. The van der Waals surface area contributed by atoms with Crippen molar-refractivity contribution in [3.05, 3.63) is 129 Å². The molecule has 1 aromatic heterocycles. The lowest BCUT2D eigenvalue weighted by atomic mass is 9.89. The van der Waals surface area contributed by atoms with Crippen molar-refractivity contribution in [1.82, 2.24) is 4.57 Å². The third-order valence-corrected chi connectivity index (χ3v) is 9.85. The summed E-state index contributed by atoms with van der Waals surface area (Å²) in [5.74, 6) is 0.634. The van der Waals surface area contributed by atoms with Crippen LogP contribution >= 0.6 is 0 Å². The highest BCUT2D eigenvalue weighted by atomic mass is 16.6. The van der Waals surface area contributed by atoms with Crippen LogP contribution in [0.1, 0.15) is 88.8 Å². The van der Waals surface area contributed by atoms with Crippen molar-refractivity contribution in [2.75, 3.05) is 7.11 Å². The number of benzene rings is 5. The molecule has 0 aliphatic carbocycles. The molecule has 0 radical (unpaired) electrons. The maximum Gasteiger partial charge on any atom is 0.194 e. The number of fused-ring (bicyclic) bond motifs is 5. The summed E-state index contributed by atoms with van der Waals surface area (Å²) >= 11 is 0. The van der Waals surface area contributed by atoms with E-state index in [-0.39, 0.29) is 5.78 Å². The second kappa shape index (κ2) is 13.6. The first kappa shape index (κ1) is 32.2. The van der Waals surface area contributed by atoms with Crippen molar-refractivity contribution in [3.8, 4) is 0 Å². The van der Waals surface area contributed by atoms with Crippen LogP contribution in [0, 0.1) is 33.6 Å². The van der Waals surface area contributed by atoms with Crippen molar-refractivity contribution in [2.24, 2.45) is 11.1 Å². The van der Waals surface area contributed by atoms with E-state index in [1.165, 1.54) is 35.9 Å². The van der Waals surface area contributed by atoms with Gasteiger partial charge >= 0.3 is 0 Å². The Hall–Kier alpha value is -4.70. The third kappa shape index (κ3) is 5.98. The lowest BCUT2D eigenvalue weighted by molar-refractivity contribution is 0.103. The lowest BCUT2D eigenvalue weighted by Crippen LogP contribution is -2.11. The van der Waals surface area contributed by atoms with Crippen LogP contribution in [0.15, 0.2) is 90.1 Å². The number of rotatable bonds is 11. The summed E-state index contributed by atoms with van der Waals surface area (Å²) in [5, 5.41) is 8.86. The summed E-state index contributed by atoms with van der Waals surface area (Å²) in [5.41, 5.74) is 11.1. The van der Waals surface area contributed by atoms with Crippen LogP contribution in [0.5, 0.6) is 0 Å². The highest BCUT2D eigenvalue weighted by Crippen LogP contribution is 2.39. The number of carbonyl (C=O) groups is 1. The summed E-state index contributed by atoms with van der Waals surface area (Å²) in [6, 6.07) is 29.8. The van der Waals surface area contributed by atoms with Crippen LogP contribution < -0.4 is 0 Å². The van der Waals surface area contributed by atoms with Gasteiger partial charge in [0.2, 0.25) is 0 Å². The molecule has 0 amide bonds. The van der Waals surface area contributed by atoms with Crippen LogP contribution in [-0.2, 0) is 11.4 Å². The van der Waals surface area contributed by atoms with E-state index in [0.29, 0.717) is 5.92 Å². The van der Waals surface area contributed by atoms with Gasteiger partial charge in [-0.3, -0.25) is 4.79 Å². The summed E-state index contributed by atoms with van der Waals surface area (Å²) in [4.78, 5) is 20.0. The zero-order valence-electron chi connectivity index (χ0n) is 28.9. The number of unbranched alkanes of at least 4 members (excludes halogenated alkanes) is 1. The Bertz CT molecular complexity index is 2130. The van der Waals surface area contributed by atoms with Crippen LogP contribution in [0.2, 0.25) is 0 Å². The van der Waals surface area contributed by atoms with Crippen molar-refractivity contribution in [1.29, 1.82) is 0 Å². The highest BCUT2D eigenvalue weighted by Gasteiger charge is 2.24. The average Bonchev–Trinajstić information content (AvgIpc) is 3.37. The van der Waals surface area contributed by atoms with E-state index in [9.17, 15) is 4.79 Å². The molecule has 1 heterocycles. The molecule has 4 nitrogen and oxygen atoms in total. The first-order valence-corrected chi connectivity index (χ1v) is 17.0. The van der Waals surface area contributed by atoms with Gasteiger partial charge in [0.05, 0.1) is 5.52 Å². The van der Waals surface area contributed by atoms with Crippen LogP contribution in [0.4, 0.5) is 0 Å².